The summed E-state index contributed by atoms with van der Waals surface area (Å²) >= 11 is 5.50. The predicted molar refractivity (Wildman–Crippen MR) is 64.3 cm³/mol. The van der Waals surface area contributed by atoms with Gasteiger partial charge >= 0.3 is 0 Å². The van der Waals surface area contributed by atoms with E-state index in [0.717, 1.165) is 12.8 Å². The Balaban J connectivity index is 2.46. The van der Waals surface area contributed by atoms with Gasteiger partial charge in [0.2, 0.25) is 5.91 Å². The summed E-state index contributed by atoms with van der Waals surface area (Å²) in [6.45, 7) is 1.68. The molecule has 0 saturated carbocycles. The molecule has 1 rings (SSSR count). The molecule has 0 atom stereocenters. The van der Waals surface area contributed by atoms with Gasteiger partial charge in [-0.05, 0) is 37.5 Å². The van der Waals surface area contributed by atoms with Gasteiger partial charge in [0, 0.05) is 18.0 Å². The van der Waals surface area contributed by atoms with Crippen molar-refractivity contribution in [2.24, 2.45) is 0 Å². The summed E-state index contributed by atoms with van der Waals surface area (Å²) in [4.78, 5) is 11.4. The summed E-state index contributed by atoms with van der Waals surface area (Å²) in [6.07, 6.45) is 1.99. The molecule has 1 aromatic rings. The van der Waals surface area contributed by atoms with Gasteiger partial charge in [-0.15, -0.1) is 11.6 Å². The molecule has 4 heteroatoms. The smallest absolute Gasteiger partial charge is 0.224 e. The minimum atomic E-state index is -0.307. The van der Waals surface area contributed by atoms with Gasteiger partial charge in [-0.2, -0.15) is 0 Å². The van der Waals surface area contributed by atoms with Crippen LogP contribution in [-0.2, 0) is 4.79 Å². The third-order valence-electron chi connectivity index (χ3n) is 2.24. The van der Waals surface area contributed by atoms with E-state index in [4.69, 9.17) is 11.6 Å². The van der Waals surface area contributed by atoms with Gasteiger partial charge in [0.1, 0.15) is 5.82 Å². The number of unbranched alkanes of at least 4 members (excludes halogenated alkanes) is 1. The van der Waals surface area contributed by atoms with Crippen LogP contribution in [0.25, 0.3) is 0 Å². The van der Waals surface area contributed by atoms with Crippen LogP contribution in [0, 0.1) is 12.7 Å². The number of anilines is 1. The monoisotopic (exact) mass is 243 g/mol. The standard InChI is InChI=1S/C12H15ClFNO/c1-9-5-6-10(8-11(9)14)15-12(16)4-2-3-7-13/h5-6,8H,2-4,7H2,1H3,(H,15,16). The van der Waals surface area contributed by atoms with Crippen LogP contribution in [0.3, 0.4) is 0 Å². The number of carbonyl (C=O) groups excluding carboxylic acids is 1. The van der Waals surface area contributed by atoms with Crippen molar-refractivity contribution >= 4 is 23.2 Å². The van der Waals surface area contributed by atoms with Crippen molar-refractivity contribution in [1.29, 1.82) is 0 Å². The van der Waals surface area contributed by atoms with Crippen LogP contribution in [0.15, 0.2) is 18.2 Å². The fraction of sp³-hybridized carbons (Fsp3) is 0.417. The highest BCUT2D eigenvalue weighted by Crippen LogP contribution is 2.14. The molecular weight excluding hydrogens is 229 g/mol. The van der Waals surface area contributed by atoms with Crippen molar-refractivity contribution in [2.45, 2.75) is 26.2 Å². The largest absolute Gasteiger partial charge is 0.326 e. The van der Waals surface area contributed by atoms with E-state index in [1.807, 2.05) is 0 Å². The van der Waals surface area contributed by atoms with Crippen molar-refractivity contribution in [1.82, 2.24) is 0 Å². The molecule has 16 heavy (non-hydrogen) atoms. The van der Waals surface area contributed by atoms with E-state index in [9.17, 15) is 9.18 Å². The summed E-state index contributed by atoms with van der Waals surface area (Å²) in [5, 5.41) is 2.65. The first kappa shape index (κ1) is 13.0. The van der Waals surface area contributed by atoms with Crippen LogP contribution in [0.1, 0.15) is 24.8 Å². The fourth-order valence-corrected chi connectivity index (χ4v) is 1.46. The molecule has 1 N–H and O–H groups in total. The number of alkyl halides is 1. The third kappa shape index (κ3) is 4.19. The Morgan fingerprint density at radius 2 is 2.19 bits per heavy atom. The SMILES string of the molecule is Cc1ccc(NC(=O)CCCCCl)cc1F. The maximum Gasteiger partial charge on any atom is 0.224 e. The van der Waals surface area contributed by atoms with Crippen LogP contribution in [0.4, 0.5) is 10.1 Å². The first-order chi connectivity index (χ1) is 7.63. The maximum absolute atomic E-state index is 13.2. The molecule has 0 heterocycles. The van der Waals surface area contributed by atoms with E-state index >= 15 is 0 Å². The molecule has 0 fully saturated rings. The Morgan fingerprint density at radius 1 is 1.44 bits per heavy atom. The van der Waals surface area contributed by atoms with Gasteiger partial charge in [-0.3, -0.25) is 4.79 Å². The van der Waals surface area contributed by atoms with Crippen LogP contribution in [-0.4, -0.2) is 11.8 Å². The van der Waals surface area contributed by atoms with Crippen LogP contribution < -0.4 is 5.32 Å². The Labute approximate surface area is 99.8 Å². The lowest BCUT2D eigenvalue weighted by Gasteiger charge is -2.05. The Hall–Kier alpha value is -1.09. The van der Waals surface area contributed by atoms with Crippen molar-refractivity contribution < 1.29 is 9.18 Å². The summed E-state index contributed by atoms with van der Waals surface area (Å²) in [6, 6.07) is 4.66. The fourth-order valence-electron chi connectivity index (χ4n) is 1.27. The number of nitrogens with one attached hydrogen (secondary N) is 1. The minimum Gasteiger partial charge on any atom is -0.326 e. The van der Waals surface area contributed by atoms with E-state index in [2.05, 4.69) is 5.32 Å². The molecule has 1 aromatic carbocycles. The van der Waals surface area contributed by atoms with E-state index in [0.29, 0.717) is 23.6 Å². The Bertz CT molecular complexity index is 368. The van der Waals surface area contributed by atoms with E-state index < -0.39 is 0 Å². The average molecular weight is 244 g/mol. The zero-order valence-corrected chi connectivity index (χ0v) is 9.98. The first-order valence-electron chi connectivity index (χ1n) is 5.25. The highest BCUT2D eigenvalue weighted by molar-refractivity contribution is 6.17. The number of hydrogen-bond donors (Lipinski definition) is 1. The molecule has 2 nitrogen and oxygen atoms in total. The average Bonchev–Trinajstić information content (AvgIpc) is 2.24. The second-order valence-corrected chi connectivity index (χ2v) is 4.04. The molecule has 0 aliphatic heterocycles. The second kappa shape index (κ2) is 6.48. The molecule has 0 bridgehead atoms. The Kier molecular flexibility index (Phi) is 5.26. The van der Waals surface area contributed by atoms with E-state index in [-0.39, 0.29) is 11.7 Å². The molecule has 0 saturated heterocycles. The molecular formula is C12H15ClFNO. The van der Waals surface area contributed by atoms with E-state index in [1.165, 1.54) is 6.07 Å². The number of hydrogen-bond acceptors (Lipinski definition) is 1. The number of halogens is 2. The first-order valence-corrected chi connectivity index (χ1v) is 5.79. The van der Waals surface area contributed by atoms with E-state index in [1.54, 1.807) is 19.1 Å². The summed E-state index contributed by atoms with van der Waals surface area (Å²) in [7, 11) is 0. The van der Waals surface area contributed by atoms with Gasteiger partial charge in [0.25, 0.3) is 0 Å². The number of rotatable bonds is 5. The van der Waals surface area contributed by atoms with Crippen molar-refractivity contribution in [3.05, 3.63) is 29.6 Å². The lowest BCUT2D eigenvalue weighted by atomic mass is 10.2. The molecule has 0 aromatic heterocycles. The lowest BCUT2D eigenvalue weighted by molar-refractivity contribution is -0.116. The van der Waals surface area contributed by atoms with Crippen molar-refractivity contribution in [2.75, 3.05) is 11.2 Å². The van der Waals surface area contributed by atoms with Crippen molar-refractivity contribution in [3.8, 4) is 0 Å². The number of amides is 1. The lowest BCUT2D eigenvalue weighted by Crippen LogP contribution is -2.11. The van der Waals surface area contributed by atoms with Crippen molar-refractivity contribution in [3.63, 3.8) is 0 Å². The molecule has 0 aliphatic carbocycles. The zero-order chi connectivity index (χ0) is 12.0. The topological polar surface area (TPSA) is 29.1 Å². The van der Waals surface area contributed by atoms with Gasteiger partial charge in [0.05, 0.1) is 0 Å². The number of carbonyl (C=O) groups is 1. The van der Waals surface area contributed by atoms with Gasteiger partial charge < -0.3 is 5.32 Å². The normalized spacial score (nSPS) is 10.2. The van der Waals surface area contributed by atoms with Gasteiger partial charge in [-0.1, -0.05) is 6.07 Å². The Morgan fingerprint density at radius 3 is 2.81 bits per heavy atom. The summed E-state index contributed by atoms with van der Waals surface area (Å²) in [5.41, 5.74) is 1.07. The number of aryl methyl sites for hydroxylation is 1. The maximum atomic E-state index is 13.2. The summed E-state index contributed by atoms with van der Waals surface area (Å²) in [5.74, 6) is 0.152. The van der Waals surface area contributed by atoms with Crippen LogP contribution >= 0.6 is 11.6 Å². The quantitative estimate of drug-likeness (QED) is 0.623. The number of benzene rings is 1. The molecule has 0 aliphatic rings. The molecule has 1 amide bonds. The van der Waals surface area contributed by atoms with Gasteiger partial charge in [0.15, 0.2) is 0 Å². The van der Waals surface area contributed by atoms with Crippen LogP contribution in [0.2, 0.25) is 0 Å². The van der Waals surface area contributed by atoms with Gasteiger partial charge in [-0.25, -0.2) is 4.39 Å². The third-order valence-corrected chi connectivity index (χ3v) is 2.51. The zero-order valence-electron chi connectivity index (χ0n) is 9.22. The summed E-state index contributed by atoms with van der Waals surface area (Å²) < 4.78 is 13.2. The predicted octanol–water partition coefficient (Wildman–Crippen LogP) is 3.48. The highest BCUT2D eigenvalue weighted by Gasteiger charge is 2.04. The molecule has 0 spiro atoms. The molecule has 0 unspecified atom stereocenters. The highest BCUT2D eigenvalue weighted by atomic mass is 35.5. The molecule has 88 valence electrons. The van der Waals surface area contributed by atoms with Crippen LogP contribution in [0.5, 0.6) is 0 Å². The minimum absolute atomic E-state index is 0.103. The second-order valence-electron chi connectivity index (χ2n) is 3.66. The molecule has 0 radical (unpaired) electrons.